The van der Waals surface area contributed by atoms with Crippen LogP contribution in [0.15, 0.2) is 42.7 Å². The van der Waals surface area contributed by atoms with Gasteiger partial charge in [0.2, 0.25) is 0 Å². The molecule has 0 aliphatic carbocycles. The van der Waals surface area contributed by atoms with E-state index in [1.165, 1.54) is 0 Å². The first-order valence-corrected chi connectivity index (χ1v) is 6.61. The lowest BCUT2D eigenvalue weighted by molar-refractivity contribution is 0.301. The normalized spacial score (nSPS) is 11.8. The molecule has 1 N–H and O–H groups in total. The van der Waals surface area contributed by atoms with Crippen LogP contribution >= 0.6 is 0 Å². The molecule has 1 aromatic carbocycles. The summed E-state index contributed by atoms with van der Waals surface area (Å²) in [7, 11) is 0. The predicted molar refractivity (Wildman–Crippen MR) is 76.3 cm³/mol. The molecule has 1 heterocycles. The summed E-state index contributed by atoms with van der Waals surface area (Å²) >= 11 is 0. The van der Waals surface area contributed by atoms with Crippen LogP contribution in [-0.2, 0) is 6.54 Å². The number of nitriles is 1. The number of hydrogen-bond donors (Lipinski definition) is 1. The molecule has 0 radical (unpaired) electrons. The van der Waals surface area contributed by atoms with Crippen LogP contribution < -0.4 is 10.1 Å². The first-order chi connectivity index (χ1) is 9.78. The van der Waals surface area contributed by atoms with Crippen molar-refractivity contribution < 1.29 is 4.74 Å². The molecular formula is C15H18N4O. The number of aromatic nitrogens is 2. The molecule has 0 aliphatic heterocycles. The second kappa shape index (κ2) is 7.31. The largest absolute Gasteiger partial charge is 0.492 e. The lowest BCUT2D eigenvalue weighted by atomic mass is 10.2. The van der Waals surface area contributed by atoms with E-state index in [1.807, 2.05) is 29.1 Å². The van der Waals surface area contributed by atoms with E-state index in [-0.39, 0.29) is 0 Å². The van der Waals surface area contributed by atoms with E-state index >= 15 is 0 Å². The fourth-order valence-electron chi connectivity index (χ4n) is 1.88. The van der Waals surface area contributed by atoms with Crippen LogP contribution in [0.5, 0.6) is 5.75 Å². The lowest BCUT2D eigenvalue weighted by Gasteiger charge is -2.14. The van der Waals surface area contributed by atoms with Crippen LogP contribution in [0.3, 0.4) is 0 Å². The smallest absolute Gasteiger partial charge is 0.120 e. The van der Waals surface area contributed by atoms with Gasteiger partial charge in [-0.2, -0.15) is 10.4 Å². The molecule has 0 amide bonds. The van der Waals surface area contributed by atoms with Crippen molar-refractivity contribution in [2.45, 2.75) is 19.5 Å². The van der Waals surface area contributed by atoms with Gasteiger partial charge in [-0.05, 0) is 31.2 Å². The summed E-state index contributed by atoms with van der Waals surface area (Å²) in [5, 5.41) is 16.3. The van der Waals surface area contributed by atoms with Crippen LogP contribution in [0.25, 0.3) is 0 Å². The molecule has 5 heteroatoms. The maximum absolute atomic E-state index is 8.80. The third-order valence-electron chi connectivity index (χ3n) is 2.85. The third kappa shape index (κ3) is 4.41. The summed E-state index contributed by atoms with van der Waals surface area (Å²) in [6.45, 7) is 4.26. The number of rotatable bonds is 7. The van der Waals surface area contributed by atoms with Gasteiger partial charge in [0, 0.05) is 25.0 Å². The molecule has 1 atom stereocenters. The average molecular weight is 270 g/mol. The Morgan fingerprint density at radius 3 is 3.10 bits per heavy atom. The molecule has 0 spiro atoms. The highest BCUT2D eigenvalue weighted by Crippen LogP contribution is 2.11. The Morgan fingerprint density at radius 2 is 2.35 bits per heavy atom. The number of hydrogen-bond acceptors (Lipinski definition) is 4. The highest BCUT2D eigenvalue weighted by atomic mass is 16.5. The van der Waals surface area contributed by atoms with E-state index in [0.29, 0.717) is 18.2 Å². The minimum atomic E-state index is 0.323. The van der Waals surface area contributed by atoms with Gasteiger partial charge in [0.05, 0.1) is 18.2 Å². The number of benzene rings is 1. The van der Waals surface area contributed by atoms with Crippen molar-refractivity contribution in [3.05, 3.63) is 48.3 Å². The molecule has 5 nitrogen and oxygen atoms in total. The SMILES string of the molecule is CC(Cn1cccn1)NCCOc1cccc(C#N)c1. The van der Waals surface area contributed by atoms with Gasteiger partial charge in [0.15, 0.2) is 0 Å². The fourth-order valence-corrected chi connectivity index (χ4v) is 1.88. The Bertz CT molecular complexity index is 560. The average Bonchev–Trinajstić information content (AvgIpc) is 2.97. The zero-order valence-corrected chi connectivity index (χ0v) is 11.5. The van der Waals surface area contributed by atoms with Crippen molar-refractivity contribution in [3.63, 3.8) is 0 Å². The zero-order valence-electron chi connectivity index (χ0n) is 11.5. The van der Waals surface area contributed by atoms with Crippen molar-refractivity contribution in [2.75, 3.05) is 13.2 Å². The van der Waals surface area contributed by atoms with Crippen LogP contribution in [0.2, 0.25) is 0 Å². The summed E-state index contributed by atoms with van der Waals surface area (Å²) in [6, 6.07) is 11.5. The minimum absolute atomic E-state index is 0.323. The highest BCUT2D eigenvalue weighted by molar-refractivity contribution is 5.36. The lowest BCUT2D eigenvalue weighted by Crippen LogP contribution is -2.33. The molecule has 2 rings (SSSR count). The molecule has 0 bridgehead atoms. The van der Waals surface area contributed by atoms with Gasteiger partial charge in [0.1, 0.15) is 12.4 Å². The van der Waals surface area contributed by atoms with Gasteiger partial charge in [-0.15, -0.1) is 0 Å². The van der Waals surface area contributed by atoms with E-state index in [2.05, 4.69) is 23.4 Å². The van der Waals surface area contributed by atoms with E-state index in [0.717, 1.165) is 18.8 Å². The Kier molecular flexibility index (Phi) is 5.15. The summed E-state index contributed by atoms with van der Waals surface area (Å²) < 4.78 is 7.50. The van der Waals surface area contributed by atoms with Gasteiger partial charge in [-0.25, -0.2) is 0 Å². The van der Waals surface area contributed by atoms with Gasteiger partial charge in [0.25, 0.3) is 0 Å². The number of ether oxygens (including phenoxy) is 1. The van der Waals surface area contributed by atoms with E-state index in [4.69, 9.17) is 10.00 Å². The highest BCUT2D eigenvalue weighted by Gasteiger charge is 2.02. The number of nitrogens with zero attached hydrogens (tertiary/aromatic N) is 3. The van der Waals surface area contributed by atoms with Crippen LogP contribution in [0, 0.1) is 11.3 Å². The van der Waals surface area contributed by atoms with Crippen molar-refractivity contribution in [2.24, 2.45) is 0 Å². The summed E-state index contributed by atoms with van der Waals surface area (Å²) in [6.07, 6.45) is 3.72. The second-order valence-corrected chi connectivity index (χ2v) is 4.57. The Labute approximate surface area is 118 Å². The summed E-state index contributed by atoms with van der Waals surface area (Å²) in [5.41, 5.74) is 0.613. The van der Waals surface area contributed by atoms with Gasteiger partial charge in [-0.1, -0.05) is 6.07 Å². The van der Waals surface area contributed by atoms with Crippen LogP contribution in [0.1, 0.15) is 12.5 Å². The molecular weight excluding hydrogens is 252 g/mol. The van der Waals surface area contributed by atoms with Crippen molar-refractivity contribution in [3.8, 4) is 11.8 Å². The van der Waals surface area contributed by atoms with Gasteiger partial charge < -0.3 is 10.1 Å². The molecule has 104 valence electrons. The summed E-state index contributed by atoms with van der Waals surface area (Å²) in [4.78, 5) is 0. The second-order valence-electron chi connectivity index (χ2n) is 4.57. The van der Waals surface area contributed by atoms with Gasteiger partial charge >= 0.3 is 0 Å². The van der Waals surface area contributed by atoms with Gasteiger partial charge in [-0.3, -0.25) is 4.68 Å². The van der Waals surface area contributed by atoms with Crippen LogP contribution in [-0.4, -0.2) is 29.0 Å². The zero-order chi connectivity index (χ0) is 14.2. The molecule has 0 saturated carbocycles. The van der Waals surface area contributed by atoms with Crippen LogP contribution in [0.4, 0.5) is 0 Å². The maximum atomic E-state index is 8.80. The Hall–Kier alpha value is -2.32. The van der Waals surface area contributed by atoms with Crippen molar-refractivity contribution in [1.82, 2.24) is 15.1 Å². The minimum Gasteiger partial charge on any atom is -0.492 e. The third-order valence-corrected chi connectivity index (χ3v) is 2.85. The molecule has 20 heavy (non-hydrogen) atoms. The van der Waals surface area contributed by atoms with E-state index in [9.17, 15) is 0 Å². The first kappa shape index (κ1) is 14.1. The molecule has 1 unspecified atom stereocenters. The van der Waals surface area contributed by atoms with Crippen molar-refractivity contribution in [1.29, 1.82) is 5.26 Å². The number of nitrogens with one attached hydrogen (secondary N) is 1. The standard InChI is InChI=1S/C15H18N4O/c1-13(12-19-8-3-6-18-19)17-7-9-20-15-5-2-4-14(10-15)11-16/h2-6,8,10,13,17H,7,9,12H2,1H3. The molecule has 2 aromatic rings. The topological polar surface area (TPSA) is 62.9 Å². The summed E-state index contributed by atoms with van der Waals surface area (Å²) in [5.74, 6) is 0.727. The molecule has 0 saturated heterocycles. The van der Waals surface area contributed by atoms with E-state index < -0.39 is 0 Å². The molecule has 0 aliphatic rings. The Morgan fingerprint density at radius 1 is 1.45 bits per heavy atom. The van der Waals surface area contributed by atoms with Crippen molar-refractivity contribution >= 4 is 0 Å². The predicted octanol–water partition coefficient (Wildman–Crippen LogP) is 1.81. The quantitative estimate of drug-likeness (QED) is 0.779. The molecule has 0 fully saturated rings. The Balaban J connectivity index is 1.67. The maximum Gasteiger partial charge on any atom is 0.120 e. The fraction of sp³-hybridized carbons (Fsp3) is 0.333. The van der Waals surface area contributed by atoms with E-state index in [1.54, 1.807) is 18.3 Å². The first-order valence-electron chi connectivity index (χ1n) is 6.61. The molecule has 1 aromatic heterocycles. The monoisotopic (exact) mass is 270 g/mol.